The fourth-order valence-corrected chi connectivity index (χ4v) is 6.82. The third-order valence-corrected chi connectivity index (χ3v) is 10.5. The Morgan fingerprint density at radius 3 is 1.32 bits per heavy atom. The van der Waals surface area contributed by atoms with Gasteiger partial charge in [-0.3, -0.25) is 18.6 Å². The van der Waals surface area contributed by atoms with Crippen LogP contribution in [0.15, 0.2) is 72.9 Å². The van der Waals surface area contributed by atoms with Crippen LogP contribution in [-0.4, -0.2) is 49.3 Å². The molecule has 0 spiro atoms. The van der Waals surface area contributed by atoms with Gasteiger partial charge in [-0.1, -0.05) is 164 Å². The Kier molecular flexibility index (Phi) is 43.0. The van der Waals surface area contributed by atoms with Gasteiger partial charge in [0.15, 0.2) is 6.10 Å². The molecule has 3 N–H and O–H groups in total. The second-order valence-electron chi connectivity index (χ2n) is 15.3. The molecule has 340 valence electrons. The first-order valence-electron chi connectivity index (χ1n) is 23.4. The van der Waals surface area contributed by atoms with Gasteiger partial charge in [-0.25, -0.2) is 4.57 Å². The van der Waals surface area contributed by atoms with Gasteiger partial charge in [0.2, 0.25) is 0 Å². The van der Waals surface area contributed by atoms with Gasteiger partial charge in [0.05, 0.1) is 13.2 Å². The zero-order valence-electron chi connectivity index (χ0n) is 37.5. The maximum atomic E-state index is 12.6. The van der Waals surface area contributed by atoms with E-state index in [1.807, 2.05) is 0 Å². The molecule has 1 unspecified atom stereocenters. The van der Waals surface area contributed by atoms with Crippen LogP contribution in [0.3, 0.4) is 0 Å². The zero-order chi connectivity index (χ0) is 43.2. The summed E-state index contributed by atoms with van der Waals surface area (Å²) in [6.45, 7) is 3.63. The SMILES string of the molecule is CCCCC/C=C\C/C=C\C/C=C\C/C=C\CCCCCC(=O)O[C@H](COC(=O)CCCCCCCCCCC/C=C\C/C=C\CCCCC)COP(=O)(O)OCCN. The van der Waals surface area contributed by atoms with E-state index in [-0.39, 0.29) is 32.6 Å². The molecule has 0 aliphatic rings. The first kappa shape index (κ1) is 56.5. The molecule has 0 bridgehead atoms. The van der Waals surface area contributed by atoms with Crippen LogP contribution < -0.4 is 5.73 Å². The van der Waals surface area contributed by atoms with E-state index in [4.69, 9.17) is 24.3 Å². The normalized spacial score (nSPS) is 13.9. The number of carbonyl (C=O) groups is 2. The number of hydrogen-bond acceptors (Lipinski definition) is 8. The van der Waals surface area contributed by atoms with Crippen molar-refractivity contribution in [2.75, 3.05) is 26.4 Å². The van der Waals surface area contributed by atoms with Crippen molar-refractivity contribution in [2.45, 2.75) is 200 Å². The van der Waals surface area contributed by atoms with E-state index in [1.165, 1.54) is 83.5 Å². The van der Waals surface area contributed by atoms with Crippen molar-refractivity contribution < 1.29 is 37.6 Å². The number of phosphoric ester groups is 1. The molecule has 0 aliphatic carbocycles. The lowest BCUT2D eigenvalue weighted by atomic mass is 10.1. The highest BCUT2D eigenvalue weighted by atomic mass is 31.2. The molecule has 10 heteroatoms. The van der Waals surface area contributed by atoms with E-state index < -0.39 is 32.5 Å². The molecule has 0 aliphatic heterocycles. The number of allylic oxidation sites excluding steroid dienone is 12. The second-order valence-corrected chi connectivity index (χ2v) is 16.7. The summed E-state index contributed by atoms with van der Waals surface area (Å²) in [5, 5.41) is 0. The summed E-state index contributed by atoms with van der Waals surface area (Å²) >= 11 is 0. The van der Waals surface area contributed by atoms with Crippen LogP contribution in [0, 0.1) is 0 Å². The molecule has 0 amide bonds. The Morgan fingerprint density at radius 1 is 0.508 bits per heavy atom. The molecule has 0 aromatic carbocycles. The molecule has 0 fully saturated rings. The summed E-state index contributed by atoms with van der Waals surface area (Å²) < 4.78 is 32.8. The van der Waals surface area contributed by atoms with E-state index >= 15 is 0 Å². The van der Waals surface area contributed by atoms with E-state index in [1.54, 1.807) is 0 Å². The van der Waals surface area contributed by atoms with E-state index in [9.17, 15) is 19.0 Å². The van der Waals surface area contributed by atoms with Crippen LogP contribution in [0.25, 0.3) is 0 Å². The van der Waals surface area contributed by atoms with Gasteiger partial charge in [-0.15, -0.1) is 0 Å². The average Bonchev–Trinajstić information content (AvgIpc) is 3.22. The highest BCUT2D eigenvalue weighted by Gasteiger charge is 2.26. The standard InChI is InChI=1S/C49H86NO8P/c1-3-5-7-9-11-13-15-17-19-21-23-25-27-29-31-33-35-37-39-41-48(51)55-45-47(46-57-59(53,54)56-44-43-50)58-49(52)42-40-38-36-34-32-30-28-26-24-22-20-18-16-14-12-10-8-6-4-2/h11-14,17-20,24,26,30,32,47H,3-10,15-16,21-23,25,27-29,31,33-46,50H2,1-2H3,(H,53,54)/b13-11-,14-12-,19-17-,20-18-,26-24-,32-30-/t47-/m1/s1. The van der Waals surface area contributed by atoms with Gasteiger partial charge >= 0.3 is 19.8 Å². The fraction of sp³-hybridized carbons (Fsp3) is 0.714. The van der Waals surface area contributed by atoms with E-state index in [2.05, 4.69) is 86.8 Å². The van der Waals surface area contributed by atoms with Gasteiger partial charge in [0, 0.05) is 19.4 Å². The Hall–Kier alpha value is -2.55. The molecular formula is C49H86NO8P. The molecule has 59 heavy (non-hydrogen) atoms. The molecule has 0 radical (unpaired) electrons. The van der Waals surface area contributed by atoms with Crippen molar-refractivity contribution in [3.05, 3.63) is 72.9 Å². The molecule has 2 atom stereocenters. The number of ether oxygens (including phenoxy) is 2. The number of nitrogens with two attached hydrogens (primary N) is 1. The Balaban J connectivity index is 4.19. The summed E-state index contributed by atoms with van der Waals surface area (Å²) in [6, 6.07) is 0. The van der Waals surface area contributed by atoms with Crippen LogP contribution in [0.4, 0.5) is 0 Å². The summed E-state index contributed by atoms with van der Waals surface area (Å²) in [7, 11) is -4.39. The minimum Gasteiger partial charge on any atom is -0.462 e. The summed E-state index contributed by atoms with van der Waals surface area (Å²) in [5.41, 5.74) is 5.35. The van der Waals surface area contributed by atoms with Crippen molar-refractivity contribution in [2.24, 2.45) is 5.73 Å². The molecule has 0 aromatic heterocycles. The monoisotopic (exact) mass is 848 g/mol. The van der Waals surface area contributed by atoms with Crippen LogP contribution in [0.2, 0.25) is 0 Å². The van der Waals surface area contributed by atoms with E-state index in [0.29, 0.717) is 6.42 Å². The molecule has 0 rings (SSSR count). The van der Waals surface area contributed by atoms with Crippen LogP contribution in [0.1, 0.15) is 194 Å². The van der Waals surface area contributed by atoms with Crippen LogP contribution in [-0.2, 0) is 32.7 Å². The third kappa shape index (κ3) is 44.8. The predicted octanol–water partition coefficient (Wildman–Crippen LogP) is 13.8. The Labute approximate surface area is 361 Å². The zero-order valence-corrected chi connectivity index (χ0v) is 38.4. The fourth-order valence-electron chi connectivity index (χ4n) is 6.06. The molecule has 9 nitrogen and oxygen atoms in total. The van der Waals surface area contributed by atoms with Gasteiger partial charge in [-0.05, 0) is 89.9 Å². The average molecular weight is 848 g/mol. The minimum atomic E-state index is -4.39. The number of esters is 2. The molecular weight excluding hydrogens is 762 g/mol. The van der Waals surface area contributed by atoms with Crippen molar-refractivity contribution in [1.82, 2.24) is 0 Å². The molecule has 0 saturated carbocycles. The largest absolute Gasteiger partial charge is 0.472 e. The van der Waals surface area contributed by atoms with Crippen molar-refractivity contribution in [3.63, 3.8) is 0 Å². The molecule has 0 heterocycles. The Morgan fingerprint density at radius 2 is 0.881 bits per heavy atom. The molecule has 0 saturated heterocycles. The highest BCUT2D eigenvalue weighted by Crippen LogP contribution is 2.43. The maximum Gasteiger partial charge on any atom is 0.472 e. The number of hydrogen-bond donors (Lipinski definition) is 2. The number of unbranched alkanes of at least 4 members (excludes halogenated alkanes) is 18. The first-order valence-corrected chi connectivity index (χ1v) is 24.9. The topological polar surface area (TPSA) is 134 Å². The smallest absolute Gasteiger partial charge is 0.462 e. The lowest BCUT2D eigenvalue weighted by molar-refractivity contribution is -0.161. The van der Waals surface area contributed by atoms with Gasteiger partial charge in [-0.2, -0.15) is 0 Å². The number of phosphoric acid groups is 1. The lowest BCUT2D eigenvalue weighted by Crippen LogP contribution is -2.29. The Bertz CT molecular complexity index is 1190. The quantitative estimate of drug-likeness (QED) is 0.0266. The van der Waals surface area contributed by atoms with Crippen molar-refractivity contribution in [1.29, 1.82) is 0 Å². The summed E-state index contributed by atoms with van der Waals surface area (Å²) in [6.07, 6.45) is 55.0. The molecule has 0 aromatic rings. The van der Waals surface area contributed by atoms with E-state index in [0.717, 1.165) is 77.0 Å². The van der Waals surface area contributed by atoms with Crippen LogP contribution in [0.5, 0.6) is 0 Å². The predicted molar refractivity (Wildman–Crippen MR) is 247 cm³/mol. The van der Waals surface area contributed by atoms with Crippen molar-refractivity contribution >= 4 is 19.8 Å². The van der Waals surface area contributed by atoms with Crippen LogP contribution >= 0.6 is 7.82 Å². The first-order chi connectivity index (χ1) is 28.8. The van der Waals surface area contributed by atoms with Gasteiger partial charge < -0.3 is 20.1 Å². The second kappa shape index (κ2) is 45.0. The third-order valence-electron chi connectivity index (χ3n) is 9.56. The maximum absolute atomic E-state index is 12.6. The van der Waals surface area contributed by atoms with Gasteiger partial charge in [0.1, 0.15) is 6.61 Å². The summed E-state index contributed by atoms with van der Waals surface area (Å²) in [5.74, 6) is -0.872. The number of carbonyl (C=O) groups excluding carboxylic acids is 2. The number of rotatable bonds is 43. The van der Waals surface area contributed by atoms with Crippen molar-refractivity contribution in [3.8, 4) is 0 Å². The lowest BCUT2D eigenvalue weighted by Gasteiger charge is -2.19. The minimum absolute atomic E-state index is 0.0439. The highest BCUT2D eigenvalue weighted by molar-refractivity contribution is 7.47. The van der Waals surface area contributed by atoms with Gasteiger partial charge in [0.25, 0.3) is 0 Å². The summed E-state index contributed by atoms with van der Waals surface area (Å²) in [4.78, 5) is 35.0.